The standard InChI is InChI=1S/C32H56NO10P/c1-3-5-7-9-11-12-13-14-15-16-18-20-22-24-31(36)41-25-28(34)26-42-44(39,40)43-27-29(32(37)38)33-30(35)23-21-19-17-10-8-6-4-2/h5,7,11-12,14-15,28-29,34H,3-4,6,8-10,13,16-27H2,1-2H3,(H,33,35)(H,37,38)(H,39,40)/b7-5-,12-11-,15-14-. The third kappa shape index (κ3) is 27.3. The van der Waals surface area contributed by atoms with Gasteiger partial charge in [0.05, 0.1) is 13.2 Å². The first-order valence-electron chi connectivity index (χ1n) is 16.0. The summed E-state index contributed by atoms with van der Waals surface area (Å²) in [5, 5.41) is 21.5. The molecule has 44 heavy (non-hydrogen) atoms. The zero-order chi connectivity index (χ0) is 32.9. The number of carbonyl (C=O) groups excluding carboxylic acids is 2. The Bertz CT molecular complexity index is 905. The number of amides is 1. The van der Waals surface area contributed by atoms with Gasteiger partial charge in [-0.1, -0.05) is 95.2 Å². The van der Waals surface area contributed by atoms with E-state index in [1.165, 1.54) is 6.42 Å². The van der Waals surface area contributed by atoms with Crippen molar-refractivity contribution in [3.63, 3.8) is 0 Å². The molecule has 0 radical (unpaired) electrons. The molecule has 0 saturated carbocycles. The van der Waals surface area contributed by atoms with Crippen LogP contribution in [0.1, 0.15) is 117 Å². The van der Waals surface area contributed by atoms with Crippen molar-refractivity contribution in [1.29, 1.82) is 0 Å². The summed E-state index contributed by atoms with van der Waals surface area (Å²) in [5.41, 5.74) is 0. The maximum absolute atomic E-state index is 12.1. The van der Waals surface area contributed by atoms with Crippen molar-refractivity contribution in [2.75, 3.05) is 19.8 Å². The molecule has 11 nitrogen and oxygen atoms in total. The number of allylic oxidation sites excluding steroid dienone is 6. The molecular formula is C32H56NO10P. The molecule has 1 amide bonds. The Morgan fingerprint density at radius 1 is 0.750 bits per heavy atom. The van der Waals surface area contributed by atoms with Gasteiger partial charge in [-0.3, -0.25) is 18.6 Å². The molecule has 0 fully saturated rings. The van der Waals surface area contributed by atoms with Crippen LogP contribution < -0.4 is 5.32 Å². The first-order valence-corrected chi connectivity index (χ1v) is 17.5. The maximum atomic E-state index is 12.1. The number of carbonyl (C=O) groups is 3. The van der Waals surface area contributed by atoms with Gasteiger partial charge in [0.1, 0.15) is 12.7 Å². The molecule has 12 heteroatoms. The van der Waals surface area contributed by atoms with E-state index in [4.69, 9.17) is 9.26 Å². The average molecular weight is 646 g/mol. The Hall–Kier alpha value is -2.30. The van der Waals surface area contributed by atoms with Crippen molar-refractivity contribution in [2.45, 2.75) is 129 Å². The molecular weight excluding hydrogens is 589 g/mol. The predicted molar refractivity (Wildman–Crippen MR) is 171 cm³/mol. The number of phosphoric ester groups is 1. The van der Waals surface area contributed by atoms with Gasteiger partial charge in [0.2, 0.25) is 5.91 Å². The number of hydrogen-bond acceptors (Lipinski definition) is 8. The predicted octanol–water partition coefficient (Wildman–Crippen LogP) is 6.54. The number of esters is 1. The van der Waals surface area contributed by atoms with Crippen LogP contribution >= 0.6 is 7.82 Å². The van der Waals surface area contributed by atoms with Gasteiger partial charge in [-0.15, -0.1) is 0 Å². The number of aliphatic carboxylic acids is 1. The van der Waals surface area contributed by atoms with E-state index < -0.39 is 57.6 Å². The van der Waals surface area contributed by atoms with Crippen LogP contribution in [0, 0.1) is 0 Å². The lowest BCUT2D eigenvalue weighted by Crippen LogP contribution is -2.43. The number of phosphoric acid groups is 1. The van der Waals surface area contributed by atoms with Crippen molar-refractivity contribution >= 4 is 25.7 Å². The van der Waals surface area contributed by atoms with Crippen LogP contribution in [0.2, 0.25) is 0 Å². The molecule has 0 saturated heterocycles. The van der Waals surface area contributed by atoms with Gasteiger partial charge in [-0.05, 0) is 44.9 Å². The van der Waals surface area contributed by atoms with Crippen molar-refractivity contribution in [3.8, 4) is 0 Å². The highest BCUT2D eigenvalue weighted by Gasteiger charge is 2.28. The van der Waals surface area contributed by atoms with Crippen molar-refractivity contribution < 1.29 is 47.8 Å². The maximum Gasteiger partial charge on any atom is 0.472 e. The first kappa shape index (κ1) is 41.7. The molecule has 254 valence electrons. The molecule has 0 aliphatic rings. The SMILES string of the molecule is CC/C=C\C/C=C\C/C=C\CCCCCC(=O)OCC(O)COP(=O)(O)OCC(NC(=O)CCCCCCCCC)C(=O)O. The molecule has 0 aromatic heterocycles. The average Bonchev–Trinajstić information content (AvgIpc) is 2.98. The Morgan fingerprint density at radius 2 is 1.32 bits per heavy atom. The monoisotopic (exact) mass is 645 g/mol. The summed E-state index contributed by atoms with van der Waals surface area (Å²) >= 11 is 0. The Balaban J connectivity index is 4.06. The fourth-order valence-electron chi connectivity index (χ4n) is 3.91. The van der Waals surface area contributed by atoms with E-state index in [1.54, 1.807) is 0 Å². The molecule has 3 unspecified atom stereocenters. The molecule has 0 aliphatic heterocycles. The van der Waals surface area contributed by atoms with Crippen LogP contribution in [0.3, 0.4) is 0 Å². The summed E-state index contributed by atoms with van der Waals surface area (Å²) in [5.74, 6) is -2.42. The molecule has 3 atom stereocenters. The van der Waals surface area contributed by atoms with Crippen LogP contribution in [-0.2, 0) is 32.7 Å². The number of ether oxygens (including phenoxy) is 1. The third-order valence-corrected chi connectivity index (χ3v) is 7.39. The van der Waals surface area contributed by atoms with Gasteiger partial charge in [0, 0.05) is 12.8 Å². The lowest BCUT2D eigenvalue weighted by atomic mass is 10.1. The normalized spacial score (nSPS) is 14.6. The van der Waals surface area contributed by atoms with E-state index in [0.717, 1.165) is 70.6 Å². The van der Waals surface area contributed by atoms with Gasteiger partial charge in [0.25, 0.3) is 0 Å². The van der Waals surface area contributed by atoms with Gasteiger partial charge in [0.15, 0.2) is 6.04 Å². The Labute approximate surface area is 263 Å². The van der Waals surface area contributed by atoms with Crippen LogP contribution in [0.25, 0.3) is 0 Å². The minimum Gasteiger partial charge on any atom is -0.480 e. The number of carboxylic acids is 1. The van der Waals surface area contributed by atoms with E-state index in [1.807, 2.05) is 0 Å². The van der Waals surface area contributed by atoms with Gasteiger partial charge in [-0.25, -0.2) is 9.36 Å². The molecule has 0 aliphatic carbocycles. The fraction of sp³-hybridized carbons (Fsp3) is 0.719. The number of nitrogens with one attached hydrogen (secondary N) is 1. The van der Waals surface area contributed by atoms with Gasteiger partial charge in [-0.2, -0.15) is 0 Å². The number of aliphatic hydroxyl groups is 1. The quantitative estimate of drug-likeness (QED) is 0.0303. The highest BCUT2D eigenvalue weighted by atomic mass is 31.2. The van der Waals surface area contributed by atoms with E-state index in [2.05, 4.69) is 60.1 Å². The van der Waals surface area contributed by atoms with Gasteiger partial charge < -0.3 is 25.2 Å². The summed E-state index contributed by atoms with van der Waals surface area (Å²) in [6.07, 6.45) is 25.1. The summed E-state index contributed by atoms with van der Waals surface area (Å²) in [6, 6.07) is -1.54. The molecule has 4 N–H and O–H groups in total. The molecule has 0 heterocycles. The van der Waals surface area contributed by atoms with Crippen molar-refractivity contribution in [2.24, 2.45) is 0 Å². The van der Waals surface area contributed by atoms with Crippen LogP contribution in [-0.4, -0.2) is 64.9 Å². The summed E-state index contributed by atoms with van der Waals surface area (Å²) in [6.45, 7) is 2.32. The largest absolute Gasteiger partial charge is 0.480 e. The number of rotatable bonds is 29. The summed E-state index contributed by atoms with van der Waals surface area (Å²) in [7, 11) is -4.74. The van der Waals surface area contributed by atoms with Crippen molar-refractivity contribution in [3.05, 3.63) is 36.5 Å². The first-order chi connectivity index (χ1) is 21.1. The highest BCUT2D eigenvalue weighted by molar-refractivity contribution is 7.47. The van der Waals surface area contributed by atoms with Crippen molar-refractivity contribution in [1.82, 2.24) is 5.32 Å². The lowest BCUT2D eigenvalue weighted by molar-refractivity contribution is -0.147. The zero-order valence-corrected chi connectivity index (χ0v) is 27.6. The Morgan fingerprint density at radius 3 is 1.98 bits per heavy atom. The van der Waals surface area contributed by atoms with Crippen LogP contribution in [0.5, 0.6) is 0 Å². The molecule has 0 aromatic carbocycles. The highest BCUT2D eigenvalue weighted by Crippen LogP contribution is 2.43. The minimum atomic E-state index is -4.74. The number of unbranched alkanes of at least 4 members (excludes halogenated alkanes) is 9. The minimum absolute atomic E-state index is 0.142. The lowest BCUT2D eigenvalue weighted by Gasteiger charge is -2.18. The number of carboxylic acid groups (broad SMARTS) is 1. The molecule has 0 aromatic rings. The molecule has 0 spiro atoms. The Kier molecular flexibility index (Phi) is 26.7. The summed E-state index contributed by atoms with van der Waals surface area (Å²) in [4.78, 5) is 45.3. The van der Waals surface area contributed by atoms with E-state index in [-0.39, 0.29) is 12.8 Å². The molecule has 0 bridgehead atoms. The summed E-state index contributed by atoms with van der Waals surface area (Å²) < 4.78 is 26.5. The third-order valence-electron chi connectivity index (χ3n) is 6.44. The van der Waals surface area contributed by atoms with Gasteiger partial charge >= 0.3 is 19.8 Å². The second kappa shape index (κ2) is 28.2. The second-order valence-electron chi connectivity index (χ2n) is 10.6. The second-order valence-corrected chi connectivity index (χ2v) is 12.1. The molecule has 0 rings (SSSR count). The smallest absolute Gasteiger partial charge is 0.472 e. The van der Waals surface area contributed by atoms with E-state index in [9.17, 15) is 34.1 Å². The number of hydrogen-bond donors (Lipinski definition) is 4. The van der Waals surface area contributed by atoms with Crippen LogP contribution in [0.15, 0.2) is 36.5 Å². The fourth-order valence-corrected chi connectivity index (χ4v) is 4.69. The zero-order valence-electron chi connectivity index (χ0n) is 26.7. The topological polar surface area (TPSA) is 169 Å². The van der Waals surface area contributed by atoms with E-state index in [0.29, 0.717) is 12.8 Å². The number of aliphatic hydroxyl groups excluding tert-OH is 1. The van der Waals surface area contributed by atoms with E-state index >= 15 is 0 Å². The van der Waals surface area contributed by atoms with Crippen LogP contribution in [0.4, 0.5) is 0 Å².